The second-order valence-corrected chi connectivity index (χ2v) is 9.45. The Hall–Kier alpha value is -3.41. The van der Waals surface area contributed by atoms with Gasteiger partial charge in [-0.15, -0.1) is 0 Å². The summed E-state index contributed by atoms with van der Waals surface area (Å²) in [6, 6.07) is 25.0. The van der Waals surface area contributed by atoms with E-state index in [-0.39, 0.29) is 24.3 Å². The predicted molar refractivity (Wildman–Crippen MR) is 140 cm³/mol. The Morgan fingerprint density at radius 3 is 2.61 bits per heavy atom. The molecule has 0 saturated heterocycles. The molecule has 0 spiro atoms. The van der Waals surface area contributed by atoms with Crippen molar-refractivity contribution >= 4 is 5.91 Å². The van der Waals surface area contributed by atoms with E-state index in [1.54, 1.807) is 0 Å². The zero-order chi connectivity index (χ0) is 24.9. The quantitative estimate of drug-likeness (QED) is 0.338. The second kappa shape index (κ2) is 11.1. The molecule has 3 aromatic rings. The summed E-state index contributed by atoms with van der Waals surface area (Å²) < 4.78 is 12.1. The summed E-state index contributed by atoms with van der Waals surface area (Å²) in [5.41, 5.74) is 7.39. The smallest absolute Gasteiger partial charge is 0.286 e. The fourth-order valence-electron chi connectivity index (χ4n) is 5.38. The van der Waals surface area contributed by atoms with Crippen LogP contribution in [0.5, 0.6) is 0 Å². The van der Waals surface area contributed by atoms with Gasteiger partial charge in [-0.05, 0) is 65.6 Å². The number of hydrogen-bond donors (Lipinski definition) is 2. The normalized spacial score (nSPS) is 20.2. The maximum Gasteiger partial charge on any atom is 0.286 e. The maximum atomic E-state index is 13.2. The van der Waals surface area contributed by atoms with Gasteiger partial charge < -0.3 is 19.9 Å². The van der Waals surface area contributed by atoms with E-state index in [2.05, 4.69) is 47.8 Å². The van der Waals surface area contributed by atoms with Gasteiger partial charge in [-0.2, -0.15) is 0 Å². The Balaban J connectivity index is 1.45. The molecule has 5 nitrogen and oxygen atoms in total. The van der Waals surface area contributed by atoms with Gasteiger partial charge in [0.2, 0.25) is 6.29 Å². The van der Waals surface area contributed by atoms with Crippen molar-refractivity contribution in [3.8, 4) is 11.1 Å². The van der Waals surface area contributed by atoms with Crippen molar-refractivity contribution in [3.63, 3.8) is 0 Å². The van der Waals surface area contributed by atoms with Crippen LogP contribution in [0.4, 0.5) is 0 Å². The van der Waals surface area contributed by atoms with Crippen molar-refractivity contribution in [3.05, 3.63) is 107 Å². The van der Waals surface area contributed by atoms with E-state index in [1.807, 2.05) is 43.3 Å². The van der Waals surface area contributed by atoms with Crippen molar-refractivity contribution in [2.24, 2.45) is 5.92 Å². The van der Waals surface area contributed by atoms with Gasteiger partial charge in [0, 0.05) is 31.6 Å². The van der Waals surface area contributed by atoms with Crippen LogP contribution in [0.2, 0.25) is 0 Å². The number of aliphatic hydroxyl groups is 1. The fraction of sp³-hybridized carbons (Fsp3) is 0.323. The zero-order valence-corrected chi connectivity index (χ0v) is 20.7. The molecule has 1 amide bonds. The number of aliphatic hydroxyl groups excluding tert-OH is 1. The maximum absolute atomic E-state index is 13.2. The minimum atomic E-state index is -0.556. The van der Waals surface area contributed by atoms with E-state index in [4.69, 9.17) is 9.47 Å². The minimum absolute atomic E-state index is 0.00963. The first-order valence-corrected chi connectivity index (χ1v) is 12.8. The Bertz CT molecular complexity index is 1240. The molecule has 2 N–H and O–H groups in total. The van der Waals surface area contributed by atoms with Crippen LogP contribution in [0.25, 0.3) is 11.1 Å². The molecule has 3 aromatic carbocycles. The van der Waals surface area contributed by atoms with Gasteiger partial charge in [0.25, 0.3) is 5.91 Å². The summed E-state index contributed by atoms with van der Waals surface area (Å²) in [6.07, 6.45) is 3.68. The molecule has 0 aromatic heterocycles. The third-order valence-electron chi connectivity index (χ3n) is 7.13. The number of carbonyl (C=O) groups excluding carboxylic acids is 1. The average Bonchev–Trinajstić information content (AvgIpc) is 3.29. The third kappa shape index (κ3) is 5.08. The van der Waals surface area contributed by atoms with E-state index >= 15 is 0 Å². The van der Waals surface area contributed by atoms with Gasteiger partial charge in [-0.25, -0.2) is 0 Å². The molecule has 5 heteroatoms. The second-order valence-electron chi connectivity index (χ2n) is 9.45. The summed E-state index contributed by atoms with van der Waals surface area (Å²) in [7, 11) is 0. The first-order chi connectivity index (χ1) is 17.7. The summed E-state index contributed by atoms with van der Waals surface area (Å²) in [4.78, 5) is 13.2. The molecular formula is C31H33NO4. The molecule has 186 valence electrons. The number of amides is 1. The first-order valence-electron chi connectivity index (χ1n) is 12.8. The topological polar surface area (TPSA) is 67.8 Å². The van der Waals surface area contributed by atoms with Gasteiger partial charge in [-0.1, -0.05) is 72.8 Å². The molecule has 0 saturated carbocycles. The number of carbonyl (C=O) groups is 1. The third-order valence-corrected chi connectivity index (χ3v) is 7.13. The number of nitrogens with one attached hydrogen (secondary N) is 1. The Morgan fingerprint density at radius 2 is 1.81 bits per heavy atom. The Labute approximate surface area is 212 Å². The van der Waals surface area contributed by atoms with Crippen molar-refractivity contribution in [1.29, 1.82) is 0 Å². The lowest BCUT2D eigenvalue weighted by atomic mass is 9.80. The Kier molecular flexibility index (Phi) is 7.49. The van der Waals surface area contributed by atoms with Crippen molar-refractivity contribution in [2.75, 3.05) is 13.2 Å². The Morgan fingerprint density at radius 1 is 1.03 bits per heavy atom. The lowest BCUT2D eigenvalue weighted by molar-refractivity contribution is -0.166. The zero-order valence-electron chi connectivity index (χ0n) is 20.7. The lowest BCUT2D eigenvalue weighted by Crippen LogP contribution is -2.39. The predicted octanol–water partition coefficient (Wildman–Crippen LogP) is 5.32. The molecule has 1 aliphatic heterocycles. The molecule has 36 heavy (non-hydrogen) atoms. The summed E-state index contributed by atoms with van der Waals surface area (Å²) in [5, 5.41) is 12.5. The van der Waals surface area contributed by atoms with Crippen molar-refractivity contribution < 1.29 is 19.4 Å². The summed E-state index contributed by atoms with van der Waals surface area (Å²) in [6.45, 7) is 2.94. The molecule has 0 fully saturated rings. The SMILES string of the molecule is CCO[C@@H]1OC(C(=O)NCc2ccccc2)=C[C@H](c2ccc3c(c2)Cc2ccccc2-3)[C@@H]1CCCO. The van der Waals surface area contributed by atoms with Gasteiger partial charge in [0.1, 0.15) is 0 Å². The number of allylic oxidation sites excluding steroid dienone is 1. The van der Waals surface area contributed by atoms with Crippen molar-refractivity contribution in [2.45, 2.75) is 44.9 Å². The summed E-state index contributed by atoms with van der Waals surface area (Å²) >= 11 is 0. The number of benzene rings is 3. The molecule has 3 atom stereocenters. The van der Waals surface area contributed by atoms with Crippen LogP contribution in [-0.2, 0) is 27.2 Å². The number of fused-ring (bicyclic) bond motifs is 3. The standard InChI is InChI=1S/C31H33NO4/c1-2-35-31-27(13-8-16-33)28(19-29(36-31)30(34)32-20-21-9-4-3-5-10-21)23-14-15-26-24(18-23)17-22-11-6-7-12-25(22)26/h3-7,9-12,14-15,18-19,27-28,31,33H,2,8,13,16-17,20H2,1H3,(H,32,34)/t27-,28+,31+/m0/s1. The van der Waals surface area contributed by atoms with Crippen LogP contribution in [0.3, 0.4) is 0 Å². The largest absolute Gasteiger partial charge is 0.459 e. The minimum Gasteiger partial charge on any atom is -0.459 e. The van der Waals surface area contributed by atoms with E-state index in [0.717, 1.165) is 24.0 Å². The van der Waals surface area contributed by atoms with Crippen LogP contribution in [0.1, 0.15) is 47.9 Å². The molecule has 0 unspecified atom stereocenters. The van der Waals surface area contributed by atoms with Crippen LogP contribution in [0.15, 0.2) is 84.6 Å². The monoisotopic (exact) mass is 483 g/mol. The van der Waals surface area contributed by atoms with Gasteiger partial charge in [0.05, 0.1) is 0 Å². The van der Waals surface area contributed by atoms with Gasteiger partial charge in [-0.3, -0.25) is 4.79 Å². The molecule has 5 rings (SSSR count). The highest BCUT2D eigenvalue weighted by Crippen LogP contribution is 2.43. The van der Waals surface area contributed by atoms with Crippen LogP contribution < -0.4 is 5.32 Å². The molecule has 2 aliphatic rings. The van der Waals surface area contributed by atoms with E-state index in [0.29, 0.717) is 25.3 Å². The molecule has 1 heterocycles. The lowest BCUT2D eigenvalue weighted by Gasteiger charge is -2.37. The molecular weight excluding hydrogens is 450 g/mol. The van der Waals surface area contributed by atoms with E-state index in [9.17, 15) is 9.90 Å². The van der Waals surface area contributed by atoms with Crippen LogP contribution >= 0.6 is 0 Å². The molecule has 0 bridgehead atoms. The highest BCUT2D eigenvalue weighted by atomic mass is 16.7. The molecule has 1 aliphatic carbocycles. The van der Waals surface area contributed by atoms with Gasteiger partial charge >= 0.3 is 0 Å². The highest BCUT2D eigenvalue weighted by Gasteiger charge is 2.38. The first kappa shape index (κ1) is 24.3. The summed E-state index contributed by atoms with van der Waals surface area (Å²) in [5.74, 6) is -0.0286. The highest BCUT2D eigenvalue weighted by molar-refractivity contribution is 5.91. The molecule has 0 radical (unpaired) electrons. The fourth-order valence-corrected chi connectivity index (χ4v) is 5.38. The van der Waals surface area contributed by atoms with E-state index < -0.39 is 6.29 Å². The van der Waals surface area contributed by atoms with E-state index in [1.165, 1.54) is 22.3 Å². The van der Waals surface area contributed by atoms with Crippen LogP contribution in [-0.4, -0.2) is 30.5 Å². The van der Waals surface area contributed by atoms with Crippen LogP contribution in [0, 0.1) is 5.92 Å². The number of hydrogen-bond acceptors (Lipinski definition) is 4. The average molecular weight is 484 g/mol. The number of ether oxygens (including phenoxy) is 2. The van der Waals surface area contributed by atoms with Gasteiger partial charge in [0.15, 0.2) is 5.76 Å². The van der Waals surface area contributed by atoms with Crippen molar-refractivity contribution in [1.82, 2.24) is 5.32 Å². The number of rotatable bonds is 9.